The van der Waals surface area contributed by atoms with Crippen molar-refractivity contribution in [3.05, 3.63) is 33.1 Å². The van der Waals surface area contributed by atoms with Gasteiger partial charge in [0.1, 0.15) is 0 Å². The first kappa shape index (κ1) is 15.4. The van der Waals surface area contributed by atoms with Crippen LogP contribution in [0.15, 0.2) is 18.2 Å². The summed E-state index contributed by atoms with van der Waals surface area (Å²) in [5, 5.41) is 8.97. The van der Waals surface area contributed by atoms with E-state index in [1.807, 2.05) is 12.1 Å². The summed E-state index contributed by atoms with van der Waals surface area (Å²) in [6.45, 7) is 1.05. The van der Waals surface area contributed by atoms with Gasteiger partial charge in [-0.25, -0.2) is 0 Å². The third-order valence-corrected chi connectivity index (χ3v) is 8.28. The molecule has 1 aromatic heterocycles. The number of thiophene rings is 1. The Kier molecular flexibility index (Phi) is 3.44. The van der Waals surface area contributed by atoms with Gasteiger partial charge in [-0.2, -0.15) is 0 Å². The molecule has 2 aromatic rings. The SMILES string of the molecule is O=C(NC1C2CCC(CC2)[C@@]12CN2)c1cc2ccc(Cl)c(Cl)c2s1. The van der Waals surface area contributed by atoms with Gasteiger partial charge >= 0.3 is 0 Å². The van der Waals surface area contributed by atoms with E-state index in [1.165, 1.54) is 37.0 Å². The summed E-state index contributed by atoms with van der Waals surface area (Å²) < 4.78 is 0.888. The fraction of sp³-hybridized carbons (Fsp3) is 0.500. The fourth-order valence-electron chi connectivity index (χ4n) is 4.87. The molecule has 1 unspecified atom stereocenters. The monoisotopic (exact) mass is 380 g/mol. The smallest absolute Gasteiger partial charge is 0.261 e. The molecule has 0 radical (unpaired) electrons. The van der Waals surface area contributed by atoms with Crippen LogP contribution < -0.4 is 10.6 Å². The number of fused-ring (bicyclic) bond motifs is 3. The van der Waals surface area contributed by atoms with Gasteiger partial charge in [0.05, 0.1) is 31.2 Å². The number of benzene rings is 1. The first-order chi connectivity index (χ1) is 11.6. The zero-order chi connectivity index (χ0) is 16.5. The lowest BCUT2D eigenvalue weighted by Crippen LogP contribution is -2.60. The molecule has 3 aliphatic carbocycles. The Labute approximate surface area is 154 Å². The predicted molar refractivity (Wildman–Crippen MR) is 99.3 cm³/mol. The van der Waals surface area contributed by atoms with E-state index < -0.39 is 0 Å². The van der Waals surface area contributed by atoms with E-state index in [4.69, 9.17) is 23.2 Å². The molecule has 2 heterocycles. The van der Waals surface area contributed by atoms with Gasteiger partial charge in [-0.05, 0) is 55.0 Å². The highest BCUT2D eigenvalue weighted by atomic mass is 35.5. The van der Waals surface area contributed by atoms with Crippen molar-refractivity contribution in [2.24, 2.45) is 11.8 Å². The molecule has 1 saturated heterocycles. The Morgan fingerprint density at radius 1 is 1.25 bits per heavy atom. The topological polar surface area (TPSA) is 51.0 Å². The molecular weight excluding hydrogens is 363 g/mol. The molecule has 126 valence electrons. The second-order valence-electron chi connectivity index (χ2n) is 7.35. The summed E-state index contributed by atoms with van der Waals surface area (Å²) in [6, 6.07) is 5.89. The third-order valence-electron chi connectivity index (χ3n) is 6.20. The molecule has 1 aliphatic heterocycles. The zero-order valence-electron chi connectivity index (χ0n) is 13.1. The number of rotatable bonds is 2. The maximum Gasteiger partial charge on any atom is 0.261 e. The van der Waals surface area contributed by atoms with Gasteiger partial charge in [-0.1, -0.05) is 29.3 Å². The number of halogens is 2. The highest BCUT2D eigenvalue weighted by molar-refractivity contribution is 7.21. The summed E-state index contributed by atoms with van der Waals surface area (Å²) in [7, 11) is 0. The van der Waals surface area contributed by atoms with Crippen LogP contribution in [-0.2, 0) is 0 Å². The lowest BCUT2D eigenvalue weighted by molar-refractivity contribution is 0.0637. The average molecular weight is 381 g/mol. The van der Waals surface area contributed by atoms with Crippen LogP contribution in [0.4, 0.5) is 0 Å². The standard InChI is InChI=1S/C18H18Cl2N2OS/c19-12-6-3-10-7-13(24-15(10)14(12)20)17(23)22-16-9-1-4-11(5-2-9)18(16)8-21-18/h3,6-7,9,11,16,21H,1-2,4-5,8H2,(H,22,23)/t9?,11?,16?,18-/m0/s1. The van der Waals surface area contributed by atoms with Crippen molar-refractivity contribution < 1.29 is 4.79 Å². The number of amides is 1. The summed E-state index contributed by atoms with van der Waals surface area (Å²) in [6.07, 6.45) is 5.10. The molecule has 2 bridgehead atoms. The van der Waals surface area contributed by atoms with Crippen LogP contribution in [0.2, 0.25) is 10.0 Å². The van der Waals surface area contributed by atoms with Gasteiger partial charge in [-0.15, -0.1) is 11.3 Å². The first-order valence-corrected chi connectivity index (χ1v) is 10.1. The van der Waals surface area contributed by atoms with E-state index in [0.717, 1.165) is 22.5 Å². The molecule has 1 aromatic carbocycles. The van der Waals surface area contributed by atoms with E-state index in [0.29, 0.717) is 20.8 Å². The van der Waals surface area contributed by atoms with Gasteiger partial charge in [0.2, 0.25) is 0 Å². The Hall–Kier alpha value is -0.810. The third kappa shape index (κ3) is 2.16. The molecule has 6 rings (SSSR count). The maximum atomic E-state index is 12.9. The van der Waals surface area contributed by atoms with Crippen molar-refractivity contribution in [2.75, 3.05) is 6.54 Å². The second-order valence-corrected chi connectivity index (χ2v) is 9.18. The van der Waals surface area contributed by atoms with E-state index in [2.05, 4.69) is 10.6 Å². The second kappa shape index (κ2) is 5.34. The molecule has 4 aliphatic rings. The molecule has 6 heteroatoms. The van der Waals surface area contributed by atoms with Crippen LogP contribution in [0, 0.1) is 11.8 Å². The van der Waals surface area contributed by atoms with Crippen LogP contribution in [0.5, 0.6) is 0 Å². The van der Waals surface area contributed by atoms with Gasteiger partial charge in [0.15, 0.2) is 0 Å². The Bertz CT molecular complexity index is 837. The number of hydrogen-bond donors (Lipinski definition) is 2. The van der Waals surface area contributed by atoms with Crippen LogP contribution in [0.3, 0.4) is 0 Å². The van der Waals surface area contributed by atoms with Gasteiger partial charge in [-0.3, -0.25) is 4.79 Å². The molecule has 4 fully saturated rings. The highest BCUT2D eigenvalue weighted by Crippen LogP contribution is 2.51. The van der Waals surface area contributed by atoms with Gasteiger partial charge < -0.3 is 10.6 Å². The minimum absolute atomic E-state index is 0.0222. The summed E-state index contributed by atoms with van der Waals surface area (Å²) in [5.74, 6) is 1.36. The van der Waals surface area contributed by atoms with Gasteiger partial charge in [0, 0.05) is 6.54 Å². The van der Waals surface area contributed by atoms with E-state index in [-0.39, 0.29) is 17.5 Å². The van der Waals surface area contributed by atoms with Crippen molar-refractivity contribution in [3.8, 4) is 0 Å². The first-order valence-electron chi connectivity index (χ1n) is 8.52. The molecular formula is C18H18Cl2N2OS. The predicted octanol–water partition coefficient (Wildman–Crippen LogP) is 4.47. The summed E-state index contributed by atoms with van der Waals surface area (Å²) >= 11 is 13.8. The summed E-state index contributed by atoms with van der Waals surface area (Å²) in [4.78, 5) is 13.6. The molecule has 3 saturated carbocycles. The molecule has 3 nitrogen and oxygen atoms in total. The van der Waals surface area contributed by atoms with Crippen molar-refractivity contribution >= 4 is 50.5 Å². The quantitative estimate of drug-likeness (QED) is 0.755. The molecule has 2 N–H and O–H groups in total. The Morgan fingerprint density at radius 3 is 2.71 bits per heavy atom. The van der Waals surface area contributed by atoms with Crippen molar-refractivity contribution in [1.29, 1.82) is 0 Å². The minimum Gasteiger partial charge on any atom is -0.346 e. The van der Waals surface area contributed by atoms with Crippen LogP contribution in [-0.4, -0.2) is 24.0 Å². The number of nitrogens with one attached hydrogen (secondary N) is 2. The van der Waals surface area contributed by atoms with Crippen molar-refractivity contribution in [2.45, 2.75) is 37.3 Å². The maximum absolute atomic E-state index is 12.9. The zero-order valence-corrected chi connectivity index (χ0v) is 15.4. The van der Waals surface area contributed by atoms with Crippen molar-refractivity contribution in [1.82, 2.24) is 10.6 Å². The lowest BCUT2D eigenvalue weighted by atomic mass is 9.61. The molecule has 2 atom stereocenters. The van der Waals surface area contributed by atoms with E-state index in [1.54, 1.807) is 6.07 Å². The Morgan fingerprint density at radius 2 is 2.00 bits per heavy atom. The van der Waals surface area contributed by atoms with E-state index >= 15 is 0 Å². The van der Waals surface area contributed by atoms with Crippen LogP contribution in [0.25, 0.3) is 10.1 Å². The summed E-state index contributed by atoms with van der Waals surface area (Å²) in [5.41, 5.74) is 0.175. The molecule has 1 spiro atoms. The number of carbonyl (C=O) groups is 1. The number of hydrogen-bond acceptors (Lipinski definition) is 3. The Balaban J connectivity index is 1.44. The van der Waals surface area contributed by atoms with Gasteiger partial charge in [0.25, 0.3) is 5.91 Å². The molecule has 24 heavy (non-hydrogen) atoms. The normalized spacial score (nSPS) is 34.0. The van der Waals surface area contributed by atoms with Crippen molar-refractivity contribution in [3.63, 3.8) is 0 Å². The number of carbonyl (C=O) groups excluding carboxylic acids is 1. The van der Waals surface area contributed by atoms with E-state index in [9.17, 15) is 4.79 Å². The minimum atomic E-state index is 0.0222. The average Bonchev–Trinajstić information content (AvgIpc) is 3.24. The van der Waals surface area contributed by atoms with Crippen LogP contribution >= 0.6 is 34.5 Å². The van der Waals surface area contributed by atoms with Crippen LogP contribution in [0.1, 0.15) is 35.4 Å². The fourth-order valence-corrected chi connectivity index (χ4v) is 6.37. The largest absolute Gasteiger partial charge is 0.346 e. The molecule has 1 amide bonds. The lowest BCUT2D eigenvalue weighted by Gasteiger charge is -2.48. The highest BCUT2D eigenvalue weighted by Gasteiger charge is 2.61.